The number of halogens is 1. The van der Waals surface area contributed by atoms with Crippen LogP contribution in [0.4, 0.5) is 5.69 Å². The van der Waals surface area contributed by atoms with Gasteiger partial charge in [0.25, 0.3) is 0 Å². The van der Waals surface area contributed by atoms with Gasteiger partial charge in [-0.1, -0.05) is 64.5 Å². The Kier molecular flexibility index (Phi) is 5.09. The molecule has 0 aromatic heterocycles. The van der Waals surface area contributed by atoms with Gasteiger partial charge in [0, 0.05) is 10.2 Å². The molecule has 2 rings (SSSR count). The number of anilines is 1. The fourth-order valence-electron chi connectivity index (χ4n) is 1.98. The fourth-order valence-corrected chi connectivity index (χ4v) is 2.60. The first kappa shape index (κ1) is 15.7. The molecule has 1 unspecified atom stereocenters. The van der Waals surface area contributed by atoms with Crippen LogP contribution < -0.4 is 11.1 Å². The lowest BCUT2D eigenvalue weighted by molar-refractivity contribution is -0.116. The summed E-state index contributed by atoms with van der Waals surface area (Å²) in [5.74, 6) is -0.870. The highest BCUT2D eigenvalue weighted by atomic mass is 79.9. The van der Waals surface area contributed by atoms with Crippen LogP contribution in [0.3, 0.4) is 0 Å². The lowest BCUT2D eigenvalue weighted by Crippen LogP contribution is -2.31. The van der Waals surface area contributed by atoms with Gasteiger partial charge in [-0.3, -0.25) is 4.79 Å². The number of nitrogens with two attached hydrogens (primary N) is 1. The summed E-state index contributed by atoms with van der Waals surface area (Å²) in [6.07, 6.45) is 0. The molecule has 0 heterocycles. The molecule has 0 fully saturated rings. The van der Waals surface area contributed by atoms with E-state index in [4.69, 9.17) is 18.0 Å². The molecule has 0 aliphatic heterocycles. The van der Waals surface area contributed by atoms with Gasteiger partial charge >= 0.3 is 0 Å². The van der Waals surface area contributed by atoms with Crippen molar-refractivity contribution >= 4 is 44.7 Å². The lowest BCUT2D eigenvalue weighted by Gasteiger charge is -2.16. The zero-order chi connectivity index (χ0) is 15.4. The normalized spacial score (nSPS) is 11.7. The third kappa shape index (κ3) is 3.89. The molecule has 0 aliphatic rings. The molecule has 3 N–H and O–H groups in total. The van der Waals surface area contributed by atoms with E-state index in [2.05, 4.69) is 21.2 Å². The number of hydrogen-bond donors (Lipinski definition) is 2. The Labute approximate surface area is 137 Å². The number of nitrogens with one attached hydrogen (secondary N) is 1. The molecule has 1 amide bonds. The lowest BCUT2D eigenvalue weighted by atomic mass is 9.98. The van der Waals surface area contributed by atoms with Gasteiger partial charge in [0.1, 0.15) is 5.92 Å². The molecule has 0 spiro atoms. The Hall–Kier alpha value is -1.72. The molecule has 108 valence electrons. The molecule has 1 atom stereocenters. The number of carbonyl (C=O) groups is 1. The maximum absolute atomic E-state index is 12.5. The van der Waals surface area contributed by atoms with Crippen LogP contribution >= 0.6 is 28.1 Å². The number of carbonyl (C=O) groups excluding carboxylic acids is 1. The van der Waals surface area contributed by atoms with Gasteiger partial charge in [0.05, 0.1) is 4.99 Å². The average molecular weight is 363 g/mol. The van der Waals surface area contributed by atoms with Gasteiger partial charge in [-0.25, -0.2) is 0 Å². The summed E-state index contributed by atoms with van der Waals surface area (Å²) in [7, 11) is 0. The Balaban J connectivity index is 2.24. The number of aryl methyl sites for hydroxylation is 1. The molecule has 0 radical (unpaired) electrons. The maximum atomic E-state index is 12.5. The minimum absolute atomic E-state index is 0.157. The summed E-state index contributed by atoms with van der Waals surface area (Å²) in [4.78, 5) is 12.6. The highest BCUT2D eigenvalue weighted by molar-refractivity contribution is 9.10. The SMILES string of the molecule is Cc1ccc(NC(=O)C(C(N)=S)c2ccccc2)cc1Br. The first-order chi connectivity index (χ1) is 9.99. The van der Waals surface area contributed by atoms with Crippen molar-refractivity contribution in [1.29, 1.82) is 0 Å². The average Bonchev–Trinajstić information content (AvgIpc) is 2.44. The van der Waals surface area contributed by atoms with Gasteiger partial charge in [-0.05, 0) is 30.2 Å². The Morgan fingerprint density at radius 2 is 1.90 bits per heavy atom. The minimum Gasteiger partial charge on any atom is -0.392 e. The van der Waals surface area contributed by atoms with E-state index in [-0.39, 0.29) is 10.9 Å². The predicted molar refractivity (Wildman–Crippen MR) is 93.5 cm³/mol. The van der Waals surface area contributed by atoms with Gasteiger partial charge in [0.15, 0.2) is 0 Å². The van der Waals surface area contributed by atoms with Crippen LogP contribution in [0.15, 0.2) is 53.0 Å². The van der Waals surface area contributed by atoms with Crippen LogP contribution in [0, 0.1) is 6.92 Å². The topological polar surface area (TPSA) is 55.1 Å². The largest absolute Gasteiger partial charge is 0.392 e. The van der Waals surface area contributed by atoms with E-state index in [1.54, 1.807) is 0 Å². The molecule has 0 saturated heterocycles. The third-order valence-electron chi connectivity index (χ3n) is 3.12. The number of thiocarbonyl (C=S) groups is 1. The van der Waals surface area contributed by atoms with Gasteiger partial charge in [-0.2, -0.15) is 0 Å². The summed E-state index contributed by atoms with van der Waals surface area (Å²) in [6, 6.07) is 14.9. The second-order valence-corrected chi connectivity index (χ2v) is 6.03. The van der Waals surface area contributed by atoms with Crippen LogP contribution in [0.25, 0.3) is 0 Å². The molecule has 5 heteroatoms. The van der Waals surface area contributed by atoms with E-state index in [0.29, 0.717) is 5.69 Å². The number of amides is 1. The summed E-state index contributed by atoms with van der Waals surface area (Å²) >= 11 is 8.49. The number of benzene rings is 2. The van der Waals surface area contributed by atoms with Crippen molar-refractivity contribution in [2.75, 3.05) is 5.32 Å². The van der Waals surface area contributed by atoms with Gasteiger partial charge in [-0.15, -0.1) is 0 Å². The third-order valence-corrected chi connectivity index (χ3v) is 4.21. The highest BCUT2D eigenvalue weighted by Crippen LogP contribution is 2.23. The van der Waals surface area contributed by atoms with Crippen molar-refractivity contribution < 1.29 is 4.79 Å². The van der Waals surface area contributed by atoms with Crippen molar-refractivity contribution in [3.05, 3.63) is 64.1 Å². The standard InChI is InChI=1S/C16H15BrN2OS/c1-10-7-8-12(9-13(10)17)19-16(20)14(15(18)21)11-5-3-2-4-6-11/h2-9,14H,1H3,(H2,18,21)(H,19,20). The monoisotopic (exact) mass is 362 g/mol. The van der Waals surface area contributed by atoms with E-state index in [1.807, 2.05) is 55.5 Å². The molecule has 2 aromatic rings. The Bertz CT molecular complexity index is 673. The van der Waals surface area contributed by atoms with E-state index >= 15 is 0 Å². The first-order valence-electron chi connectivity index (χ1n) is 6.40. The molecule has 21 heavy (non-hydrogen) atoms. The van der Waals surface area contributed by atoms with Crippen LogP contribution in [0.2, 0.25) is 0 Å². The van der Waals surface area contributed by atoms with Gasteiger partial charge in [0.2, 0.25) is 5.91 Å². The second kappa shape index (κ2) is 6.83. The van der Waals surface area contributed by atoms with Crippen molar-refractivity contribution in [2.24, 2.45) is 5.73 Å². The summed E-state index contributed by atoms with van der Waals surface area (Å²) in [5.41, 5.74) is 8.33. The van der Waals surface area contributed by atoms with E-state index < -0.39 is 5.92 Å². The van der Waals surface area contributed by atoms with E-state index in [0.717, 1.165) is 15.6 Å². The second-order valence-electron chi connectivity index (χ2n) is 4.70. The molecule has 0 bridgehead atoms. The fraction of sp³-hybridized carbons (Fsp3) is 0.125. The first-order valence-corrected chi connectivity index (χ1v) is 7.60. The summed E-state index contributed by atoms with van der Waals surface area (Å²) < 4.78 is 0.937. The number of rotatable bonds is 4. The Morgan fingerprint density at radius 3 is 2.48 bits per heavy atom. The highest BCUT2D eigenvalue weighted by Gasteiger charge is 2.23. The van der Waals surface area contributed by atoms with Gasteiger partial charge < -0.3 is 11.1 Å². The predicted octanol–water partition coefficient (Wildman–Crippen LogP) is 3.77. The smallest absolute Gasteiger partial charge is 0.238 e. The van der Waals surface area contributed by atoms with Crippen LogP contribution in [0.1, 0.15) is 17.0 Å². The Morgan fingerprint density at radius 1 is 1.24 bits per heavy atom. The van der Waals surface area contributed by atoms with Crippen molar-refractivity contribution in [1.82, 2.24) is 0 Å². The van der Waals surface area contributed by atoms with E-state index in [1.165, 1.54) is 0 Å². The molecular weight excluding hydrogens is 348 g/mol. The van der Waals surface area contributed by atoms with E-state index in [9.17, 15) is 4.79 Å². The number of hydrogen-bond acceptors (Lipinski definition) is 2. The molecule has 2 aromatic carbocycles. The van der Waals surface area contributed by atoms with Crippen molar-refractivity contribution in [2.45, 2.75) is 12.8 Å². The van der Waals surface area contributed by atoms with Crippen molar-refractivity contribution in [3.63, 3.8) is 0 Å². The molecular formula is C16H15BrN2OS. The van der Waals surface area contributed by atoms with Crippen molar-refractivity contribution in [3.8, 4) is 0 Å². The maximum Gasteiger partial charge on any atom is 0.238 e. The zero-order valence-corrected chi connectivity index (χ0v) is 13.9. The quantitative estimate of drug-likeness (QED) is 0.814. The molecule has 0 saturated carbocycles. The minimum atomic E-state index is -0.638. The zero-order valence-electron chi connectivity index (χ0n) is 11.5. The summed E-state index contributed by atoms with van der Waals surface area (Å²) in [6.45, 7) is 1.98. The summed E-state index contributed by atoms with van der Waals surface area (Å²) in [5, 5.41) is 2.85. The van der Waals surface area contributed by atoms with Crippen LogP contribution in [0.5, 0.6) is 0 Å². The van der Waals surface area contributed by atoms with Crippen LogP contribution in [-0.2, 0) is 4.79 Å². The molecule has 3 nitrogen and oxygen atoms in total. The van der Waals surface area contributed by atoms with Crippen LogP contribution in [-0.4, -0.2) is 10.9 Å². The molecule has 0 aliphatic carbocycles.